The van der Waals surface area contributed by atoms with Gasteiger partial charge in [-0.1, -0.05) is 0 Å². The molecule has 0 bridgehead atoms. The lowest BCUT2D eigenvalue weighted by Crippen LogP contribution is -2.32. The minimum absolute atomic E-state index is 0.333. The lowest BCUT2D eigenvalue weighted by atomic mass is 10.0. The highest BCUT2D eigenvalue weighted by atomic mass is 32.2. The average Bonchev–Trinajstić information content (AvgIpc) is 2.83. The number of nitrogens with two attached hydrogens (primary N) is 1. The van der Waals surface area contributed by atoms with Gasteiger partial charge in [-0.05, 0) is 25.0 Å². The molecule has 4 heteroatoms. The molecule has 0 spiro atoms. The van der Waals surface area contributed by atoms with E-state index in [-0.39, 0.29) is 0 Å². The molecule has 2 atom stereocenters. The monoisotopic (exact) mass is 223 g/mol. The third-order valence-corrected chi connectivity index (χ3v) is 4.61. The van der Waals surface area contributed by atoms with Crippen LogP contribution in [0.3, 0.4) is 0 Å². The largest absolute Gasteiger partial charge is 0.330 e. The van der Waals surface area contributed by atoms with Crippen molar-refractivity contribution in [2.45, 2.75) is 37.8 Å². The first-order valence-electron chi connectivity index (χ1n) is 5.72. The molecule has 3 nitrogen and oxygen atoms in total. The minimum atomic E-state index is 0.333. The molecule has 2 aliphatic rings. The average molecular weight is 223 g/mol. The Hall–Kier alpha value is -0.480. The zero-order chi connectivity index (χ0) is 10.3. The summed E-state index contributed by atoms with van der Waals surface area (Å²) in [6.07, 6.45) is 5.57. The number of fused-ring (bicyclic) bond motifs is 1. The van der Waals surface area contributed by atoms with E-state index in [1.807, 2.05) is 11.8 Å². The Labute approximate surface area is 94.4 Å². The molecule has 82 valence electrons. The summed E-state index contributed by atoms with van der Waals surface area (Å²) in [5.74, 6) is 4.50. The van der Waals surface area contributed by atoms with Crippen molar-refractivity contribution >= 4 is 11.8 Å². The SMILES string of the molecule is NC1CCc2cnc(C3CCSC3)n2C1. The fourth-order valence-electron chi connectivity index (χ4n) is 2.56. The van der Waals surface area contributed by atoms with Crippen molar-refractivity contribution in [2.24, 2.45) is 5.73 Å². The van der Waals surface area contributed by atoms with Crippen molar-refractivity contribution in [3.05, 3.63) is 17.7 Å². The van der Waals surface area contributed by atoms with E-state index >= 15 is 0 Å². The van der Waals surface area contributed by atoms with Crippen LogP contribution in [0.15, 0.2) is 6.20 Å². The molecule has 0 aromatic carbocycles. The Morgan fingerprint density at radius 1 is 1.47 bits per heavy atom. The zero-order valence-corrected chi connectivity index (χ0v) is 9.67. The number of rotatable bonds is 1. The van der Waals surface area contributed by atoms with E-state index in [1.54, 1.807) is 0 Å². The molecule has 0 radical (unpaired) electrons. The lowest BCUT2D eigenvalue weighted by molar-refractivity contribution is 0.441. The van der Waals surface area contributed by atoms with E-state index in [0.29, 0.717) is 12.0 Å². The number of aryl methyl sites for hydroxylation is 1. The van der Waals surface area contributed by atoms with Crippen LogP contribution in [0.2, 0.25) is 0 Å². The van der Waals surface area contributed by atoms with Gasteiger partial charge in [0, 0.05) is 36.1 Å². The van der Waals surface area contributed by atoms with Crippen molar-refractivity contribution in [1.82, 2.24) is 9.55 Å². The first-order chi connectivity index (χ1) is 7.34. The number of thioether (sulfide) groups is 1. The third-order valence-electron chi connectivity index (χ3n) is 3.45. The molecule has 3 heterocycles. The van der Waals surface area contributed by atoms with Gasteiger partial charge < -0.3 is 10.3 Å². The van der Waals surface area contributed by atoms with Crippen LogP contribution in [0.4, 0.5) is 0 Å². The first kappa shape index (κ1) is 9.73. The summed E-state index contributed by atoms with van der Waals surface area (Å²) in [6, 6.07) is 0.333. The molecule has 1 aromatic heterocycles. The molecule has 0 amide bonds. The second kappa shape index (κ2) is 3.83. The van der Waals surface area contributed by atoms with Gasteiger partial charge in [-0.2, -0.15) is 11.8 Å². The van der Waals surface area contributed by atoms with E-state index in [0.717, 1.165) is 19.4 Å². The fraction of sp³-hybridized carbons (Fsp3) is 0.727. The molecule has 1 saturated heterocycles. The first-order valence-corrected chi connectivity index (χ1v) is 6.87. The molecule has 2 unspecified atom stereocenters. The van der Waals surface area contributed by atoms with Gasteiger partial charge in [0.2, 0.25) is 0 Å². The highest BCUT2D eigenvalue weighted by molar-refractivity contribution is 7.99. The van der Waals surface area contributed by atoms with E-state index in [4.69, 9.17) is 5.73 Å². The van der Waals surface area contributed by atoms with Crippen LogP contribution in [0.1, 0.15) is 30.3 Å². The second-order valence-corrected chi connectivity index (χ2v) is 5.73. The minimum Gasteiger partial charge on any atom is -0.330 e. The summed E-state index contributed by atoms with van der Waals surface area (Å²) in [7, 11) is 0. The smallest absolute Gasteiger partial charge is 0.112 e. The highest BCUT2D eigenvalue weighted by Gasteiger charge is 2.26. The maximum absolute atomic E-state index is 6.02. The molecular formula is C11H17N3S. The second-order valence-electron chi connectivity index (χ2n) is 4.58. The van der Waals surface area contributed by atoms with Gasteiger partial charge in [-0.25, -0.2) is 4.98 Å². The Balaban J connectivity index is 1.92. The molecule has 0 saturated carbocycles. The summed E-state index contributed by atoms with van der Waals surface area (Å²) in [5, 5.41) is 0. The van der Waals surface area contributed by atoms with Crippen LogP contribution >= 0.6 is 11.8 Å². The van der Waals surface area contributed by atoms with Crippen LogP contribution in [0, 0.1) is 0 Å². The van der Waals surface area contributed by atoms with Crippen LogP contribution < -0.4 is 5.73 Å². The lowest BCUT2D eigenvalue weighted by Gasteiger charge is -2.23. The highest BCUT2D eigenvalue weighted by Crippen LogP contribution is 2.33. The summed E-state index contributed by atoms with van der Waals surface area (Å²) in [6.45, 7) is 0.978. The number of hydrogen-bond acceptors (Lipinski definition) is 3. The van der Waals surface area contributed by atoms with Gasteiger partial charge in [-0.3, -0.25) is 0 Å². The summed E-state index contributed by atoms with van der Waals surface area (Å²) < 4.78 is 2.38. The Morgan fingerprint density at radius 2 is 2.40 bits per heavy atom. The standard InChI is InChI=1S/C11H17N3S/c12-9-1-2-10-5-13-11(14(10)6-9)8-3-4-15-7-8/h5,8-9H,1-4,6-7,12H2. The molecule has 15 heavy (non-hydrogen) atoms. The van der Waals surface area contributed by atoms with E-state index < -0.39 is 0 Å². The van der Waals surface area contributed by atoms with Gasteiger partial charge >= 0.3 is 0 Å². The van der Waals surface area contributed by atoms with Crippen LogP contribution in [-0.2, 0) is 13.0 Å². The number of imidazole rings is 1. The maximum Gasteiger partial charge on any atom is 0.112 e. The normalized spacial score (nSPS) is 30.5. The topological polar surface area (TPSA) is 43.8 Å². The van der Waals surface area contributed by atoms with Crippen LogP contribution in [0.25, 0.3) is 0 Å². The third kappa shape index (κ3) is 1.70. The summed E-state index contributed by atoms with van der Waals surface area (Å²) in [5.41, 5.74) is 7.41. The Kier molecular flexibility index (Phi) is 2.48. The summed E-state index contributed by atoms with van der Waals surface area (Å²) >= 11 is 2.05. The van der Waals surface area contributed by atoms with E-state index in [1.165, 1.54) is 29.4 Å². The van der Waals surface area contributed by atoms with Gasteiger partial charge in [0.05, 0.1) is 0 Å². The predicted molar refractivity (Wildman–Crippen MR) is 63.2 cm³/mol. The number of aromatic nitrogens is 2. The zero-order valence-electron chi connectivity index (χ0n) is 8.85. The molecule has 0 aliphatic carbocycles. The molecule has 3 rings (SSSR count). The van der Waals surface area contributed by atoms with E-state index in [2.05, 4.69) is 15.7 Å². The number of nitrogens with zero attached hydrogens (tertiary/aromatic N) is 2. The van der Waals surface area contributed by atoms with E-state index in [9.17, 15) is 0 Å². The molecule has 1 aromatic rings. The predicted octanol–water partition coefficient (Wildman–Crippen LogP) is 1.38. The molecule has 1 fully saturated rings. The van der Waals surface area contributed by atoms with Gasteiger partial charge in [0.15, 0.2) is 0 Å². The quantitative estimate of drug-likeness (QED) is 0.782. The maximum atomic E-state index is 6.02. The molecule has 2 N–H and O–H groups in total. The molecule has 2 aliphatic heterocycles. The van der Waals surface area contributed by atoms with Crippen molar-refractivity contribution in [3.8, 4) is 0 Å². The van der Waals surface area contributed by atoms with Gasteiger partial charge in [0.25, 0.3) is 0 Å². The summed E-state index contributed by atoms with van der Waals surface area (Å²) in [4.78, 5) is 4.61. The van der Waals surface area contributed by atoms with Crippen molar-refractivity contribution < 1.29 is 0 Å². The van der Waals surface area contributed by atoms with Crippen molar-refractivity contribution in [3.63, 3.8) is 0 Å². The van der Waals surface area contributed by atoms with Crippen molar-refractivity contribution in [2.75, 3.05) is 11.5 Å². The molecular weight excluding hydrogens is 206 g/mol. The van der Waals surface area contributed by atoms with Crippen LogP contribution in [0.5, 0.6) is 0 Å². The van der Waals surface area contributed by atoms with Crippen LogP contribution in [-0.4, -0.2) is 27.1 Å². The Morgan fingerprint density at radius 3 is 3.20 bits per heavy atom. The van der Waals surface area contributed by atoms with Crippen molar-refractivity contribution in [1.29, 1.82) is 0 Å². The van der Waals surface area contributed by atoms with Gasteiger partial charge in [-0.15, -0.1) is 0 Å². The number of hydrogen-bond donors (Lipinski definition) is 1. The fourth-order valence-corrected chi connectivity index (χ4v) is 3.78. The Bertz CT molecular complexity index is 355. The van der Waals surface area contributed by atoms with Gasteiger partial charge in [0.1, 0.15) is 5.82 Å².